The van der Waals surface area contributed by atoms with Gasteiger partial charge in [0.2, 0.25) is 11.8 Å². The quantitative estimate of drug-likeness (QED) is 0.725. The van der Waals surface area contributed by atoms with Crippen molar-refractivity contribution in [2.45, 2.75) is 19.5 Å². The summed E-state index contributed by atoms with van der Waals surface area (Å²) in [7, 11) is 0. The Labute approximate surface area is 134 Å². The maximum absolute atomic E-state index is 13.3. The first-order chi connectivity index (χ1) is 11.2. The van der Waals surface area contributed by atoms with E-state index < -0.39 is 36.9 Å². The molecule has 1 aromatic carbocycles. The molecule has 2 rings (SSSR count). The SMILES string of the molecule is Cc1[nH]c2ccc(F)cc2c1CC(=O)NCC(=O)NCC(F)(F)F. The molecular weight excluding hydrogens is 330 g/mol. The number of halogens is 4. The molecule has 24 heavy (non-hydrogen) atoms. The fraction of sp³-hybridized carbons (Fsp3) is 0.333. The summed E-state index contributed by atoms with van der Waals surface area (Å²) in [6.45, 7) is -0.302. The van der Waals surface area contributed by atoms with E-state index >= 15 is 0 Å². The number of amides is 2. The van der Waals surface area contributed by atoms with Gasteiger partial charge in [-0.15, -0.1) is 0 Å². The zero-order chi connectivity index (χ0) is 17.9. The average Bonchev–Trinajstić information content (AvgIpc) is 2.78. The minimum absolute atomic E-state index is 0.123. The first kappa shape index (κ1) is 17.8. The van der Waals surface area contributed by atoms with Crippen LogP contribution in [0.2, 0.25) is 0 Å². The number of aromatic amines is 1. The van der Waals surface area contributed by atoms with Gasteiger partial charge in [-0.25, -0.2) is 4.39 Å². The molecule has 0 radical (unpaired) electrons. The molecule has 130 valence electrons. The van der Waals surface area contributed by atoms with Crippen molar-refractivity contribution in [3.8, 4) is 0 Å². The van der Waals surface area contributed by atoms with Crippen molar-refractivity contribution < 1.29 is 27.2 Å². The van der Waals surface area contributed by atoms with Crippen LogP contribution < -0.4 is 10.6 Å². The Morgan fingerprint density at radius 3 is 2.54 bits per heavy atom. The van der Waals surface area contributed by atoms with E-state index in [9.17, 15) is 27.2 Å². The number of carbonyl (C=O) groups is 2. The Hall–Kier alpha value is -2.58. The summed E-state index contributed by atoms with van der Waals surface area (Å²) >= 11 is 0. The lowest BCUT2D eigenvalue weighted by molar-refractivity contribution is -0.138. The number of carbonyl (C=O) groups excluding carboxylic acids is 2. The molecule has 0 spiro atoms. The van der Waals surface area contributed by atoms with E-state index in [0.29, 0.717) is 22.2 Å². The van der Waals surface area contributed by atoms with E-state index in [-0.39, 0.29) is 6.42 Å². The van der Waals surface area contributed by atoms with Crippen LogP contribution in [0.15, 0.2) is 18.2 Å². The minimum Gasteiger partial charge on any atom is -0.358 e. The second-order valence-electron chi connectivity index (χ2n) is 5.26. The van der Waals surface area contributed by atoms with Crippen LogP contribution >= 0.6 is 0 Å². The van der Waals surface area contributed by atoms with Gasteiger partial charge in [0.1, 0.15) is 12.4 Å². The molecule has 1 aromatic heterocycles. The highest BCUT2D eigenvalue weighted by molar-refractivity contribution is 5.91. The predicted molar refractivity (Wildman–Crippen MR) is 78.8 cm³/mol. The van der Waals surface area contributed by atoms with Gasteiger partial charge in [0.25, 0.3) is 0 Å². The number of hydrogen-bond donors (Lipinski definition) is 3. The number of alkyl halides is 3. The van der Waals surface area contributed by atoms with Crippen molar-refractivity contribution in [2.24, 2.45) is 0 Å². The van der Waals surface area contributed by atoms with E-state index in [1.54, 1.807) is 18.3 Å². The van der Waals surface area contributed by atoms with Gasteiger partial charge in [0.05, 0.1) is 13.0 Å². The van der Waals surface area contributed by atoms with Crippen molar-refractivity contribution in [3.05, 3.63) is 35.3 Å². The fourth-order valence-corrected chi connectivity index (χ4v) is 2.25. The maximum atomic E-state index is 13.3. The summed E-state index contributed by atoms with van der Waals surface area (Å²) in [5.41, 5.74) is 1.91. The first-order valence-corrected chi connectivity index (χ1v) is 7.02. The summed E-state index contributed by atoms with van der Waals surface area (Å²) < 4.78 is 49.2. The Balaban J connectivity index is 1.94. The van der Waals surface area contributed by atoms with Crippen LogP contribution in [0, 0.1) is 12.7 Å². The van der Waals surface area contributed by atoms with Crippen molar-refractivity contribution in [1.82, 2.24) is 15.6 Å². The summed E-state index contributed by atoms with van der Waals surface area (Å²) in [4.78, 5) is 26.1. The van der Waals surface area contributed by atoms with Gasteiger partial charge in [0, 0.05) is 16.6 Å². The van der Waals surface area contributed by atoms with Crippen molar-refractivity contribution in [1.29, 1.82) is 0 Å². The molecule has 2 amide bonds. The Kier molecular flexibility index (Phi) is 5.10. The lowest BCUT2D eigenvalue weighted by atomic mass is 10.1. The molecule has 0 aliphatic rings. The molecule has 0 aliphatic carbocycles. The number of benzene rings is 1. The van der Waals surface area contributed by atoms with Crippen molar-refractivity contribution in [2.75, 3.05) is 13.1 Å². The molecule has 0 fully saturated rings. The molecule has 0 atom stereocenters. The number of nitrogens with one attached hydrogen (secondary N) is 3. The van der Waals surface area contributed by atoms with Crippen LogP contribution in [-0.4, -0.2) is 36.1 Å². The fourth-order valence-electron chi connectivity index (χ4n) is 2.25. The molecule has 5 nitrogen and oxygen atoms in total. The average molecular weight is 345 g/mol. The molecule has 1 heterocycles. The minimum atomic E-state index is -4.51. The van der Waals surface area contributed by atoms with Crippen LogP contribution in [-0.2, 0) is 16.0 Å². The number of aryl methyl sites for hydroxylation is 1. The van der Waals surface area contributed by atoms with Crippen LogP contribution in [0.3, 0.4) is 0 Å². The number of rotatable bonds is 5. The van der Waals surface area contributed by atoms with Gasteiger partial charge in [0.15, 0.2) is 0 Å². The number of aromatic nitrogens is 1. The van der Waals surface area contributed by atoms with Crippen LogP contribution in [0.4, 0.5) is 17.6 Å². The Bertz CT molecular complexity index is 768. The maximum Gasteiger partial charge on any atom is 0.405 e. The highest BCUT2D eigenvalue weighted by Gasteiger charge is 2.27. The molecule has 2 aromatic rings. The lowest BCUT2D eigenvalue weighted by Crippen LogP contribution is -2.41. The normalized spacial score (nSPS) is 11.5. The third-order valence-corrected chi connectivity index (χ3v) is 3.35. The van der Waals surface area contributed by atoms with Crippen LogP contribution in [0.25, 0.3) is 10.9 Å². The molecule has 0 bridgehead atoms. The lowest BCUT2D eigenvalue weighted by Gasteiger charge is -2.09. The molecule has 0 aliphatic heterocycles. The largest absolute Gasteiger partial charge is 0.405 e. The summed E-state index contributed by atoms with van der Waals surface area (Å²) in [5, 5.41) is 4.43. The van der Waals surface area contributed by atoms with Gasteiger partial charge >= 0.3 is 6.18 Å². The summed E-state index contributed by atoms with van der Waals surface area (Å²) in [6.07, 6.45) is -4.63. The number of fused-ring (bicyclic) bond motifs is 1. The van der Waals surface area contributed by atoms with Gasteiger partial charge < -0.3 is 15.6 Å². The van der Waals surface area contributed by atoms with Gasteiger partial charge in [-0.3, -0.25) is 9.59 Å². The topological polar surface area (TPSA) is 74.0 Å². The van der Waals surface area contributed by atoms with E-state index in [1.807, 2.05) is 0 Å². The first-order valence-electron chi connectivity index (χ1n) is 7.02. The third-order valence-electron chi connectivity index (χ3n) is 3.35. The molecular formula is C15H15F4N3O2. The van der Waals surface area contributed by atoms with Gasteiger partial charge in [-0.05, 0) is 30.7 Å². The highest BCUT2D eigenvalue weighted by Crippen LogP contribution is 2.23. The molecule has 0 saturated carbocycles. The highest BCUT2D eigenvalue weighted by atomic mass is 19.4. The van der Waals surface area contributed by atoms with Crippen LogP contribution in [0.5, 0.6) is 0 Å². The zero-order valence-electron chi connectivity index (χ0n) is 12.7. The Morgan fingerprint density at radius 1 is 1.17 bits per heavy atom. The predicted octanol–water partition coefficient (Wildman–Crippen LogP) is 1.95. The smallest absolute Gasteiger partial charge is 0.358 e. The number of H-pyrrole nitrogens is 1. The van der Waals surface area contributed by atoms with Gasteiger partial charge in [-0.2, -0.15) is 13.2 Å². The van der Waals surface area contributed by atoms with Crippen LogP contribution in [0.1, 0.15) is 11.3 Å². The van der Waals surface area contributed by atoms with Gasteiger partial charge in [-0.1, -0.05) is 0 Å². The third kappa shape index (κ3) is 4.71. The second-order valence-corrected chi connectivity index (χ2v) is 5.26. The summed E-state index contributed by atoms with van der Waals surface area (Å²) in [5.74, 6) is -1.94. The molecule has 0 saturated heterocycles. The molecule has 9 heteroatoms. The second kappa shape index (κ2) is 6.90. The summed E-state index contributed by atoms with van der Waals surface area (Å²) in [6, 6.07) is 4.12. The monoisotopic (exact) mass is 345 g/mol. The standard InChI is InChI=1S/C15H15F4N3O2/c1-8-10(11-4-9(16)2-3-12(11)22-8)5-13(23)20-6-14(24)21-7-15(17,18)19/h2-4,22H,5-7H2,1H3,(H,20,23)(H,21,24). The molecule has 0 unspecified atom stereocenters. The van der Waals surface area contributed by atoms with E-state index in [0.717, 1.165) is 0 Å². The number of hydrogen-bond acceptors (Lipinski definition) is 2. The van der Waals surface area contributed by atoms with E-state index in [4.69, 9.17) is 0 Å². The van der Waals surface area contributed by atoms with Crippen molar-refractivity contribution >= 4 is 22.7 Å². The van der Waals surface area contributed by atoms with E-state index in [2.05, 4.69) is 10.3 Å². The Morgan fingerprint density at radius 2 is 1.88 bits per heavy atom. The van der Waals surface area contributed by atoms with E-state index in [1.165, 1.54) is 12.1 Å². The zero-order valence-corrected chi connectivity index (χ0v) is 12.7. The van der Waals surface area contributed by atoms with Crippen molar-refractivity contribution in [3.63, 3.8) is 0 Å². The molecule has 3 N–H and O–H groups in total.